The maximum Gasteiger partial charge on any atom is 0.408 e. The molecule has 2 bridgehead atoms. The molecule has 4 fully saturated rings. The van der Waals surface area contributed by atoms with Gasteiger partial charge in [-0.15, -0.1) is 0 Å². The molecule has 0 aromatic rings. The van der Waals surface area contributed by atoms with Crippen molar-refractivity contribution in [2.24, 2.45) is 34.5 Å². The van der Waals surface area contributed by atoms with Gasteiger partial charge >= 0.3 is 6.09 Å². The molecule has 0 aromatic heterocycles. The summed E-state index contributed by atoms with van der Waals surface area (Å²) >= 11 is 0. The number of alkyl carbamates (subject to hydrolysis) is 1. The molecular formula is C30H43NO6. The lowest BCUT2D eigenvalue weighted by molar-refractivity contribution is -0.302. The summed E-state index contributed by atoms with van der Waals surface area (Å²) in [5, 5.41) is 16.0. The molecular weight excluding hydrogens is 470 g/mol. The summed E-state index contributed by atoms with van der Waals surface area (Å²) in [5.74, 6) is -0.775. The van der Waals surface area contributed by atoms with Gasteiger partial charge in [-0.05, 0) is 74.3 Å². The maximum absolute atomic E-state index is 14.7. The lowest BCUT2D eigenvalue weighted by Gasteiger charge is -2.52. The smallest absolute Gasteiger partial charge is 0.408 e. The predicted molar refractivity (Wildman–Crippen MR) is 137 cm³/mol. The van der Waals surface area contributed by atoms with Gasteiger partial charge in [0.1, 0.15) is 6.10 Å². The van der Waals surface area contributed by atoms with Crippen molar-refractivity contribution in [2.45, 2.75) is 110 Å². The quantitative estimate of drug-likeness (QED) is 0.521. The zero-order chi connectivity index (χ0) is 26.5. The van der Waals surface area contributed by atoms with Crippen LogP contribution >= 0.6 is 0 Å². The van der Waals surface area contributed by atoms with Crippen molar-refractivity contribution < 1.29 is 28.9 Å². The summed E-state index contributed by atoms with van der Waals surface area (Å²) in [4.78, 5) is 27.9. The van der Waals surface area contributed by atoms with E-state index in [1.165, 1.54) is 6.42 Å². The number of carbonyl (C=O) groups is 2. The molecule has 0 unspecified atom stereocenters. The second kappa shape index (κ2) is 8.15. The van der Waals surface area contributed by atoms with Crippen LogP contribution in [0.4, 0.5) is 4.79 Å². The Morgan fingerprint density at radius 1 is 1.16 bits per heavy atom. The van der Waals surface area contributed by atoms with Crippen molar-refractivity contribution >= 4 is 11.9 Å². The zero-order valence-corrected chi connectivity index (χ0v) is 23.1. The lowest BCUT2D eigenvalue weighted by Crippen LogP contribution is -2.68. The standard InChI is InChI=1S/C30H43NO6/c1-16-14-29-17(2)12-21-22(27(21,3)4)20(23(29)32)13-18-15-35-28(5,6)37-25(18)30(29,34)24(16)36-26(33)31-19-10-8-7-9-11-19/h13-14,17,19-22,24-25,34H,7-12,15H2,1-6H3,(H,31,33)/t17-,20+,21-,22+,24+,25-,29+,30-/m1/s1. The first kappa shape index (κ1) is 25.6. The number of amides is 1. The van der Waals surface area contributed by atoms with Crippen LogP contribution in [0.3, 0.4) is 0 Å². The summed E-state index contributed by atoms with van der Waals surface area (Å²) in [6.45, 7) is 12.4. The number of fused-ring (bicyclic) bond motifs is 5. The number of ketones is 1. The van der Waals surface area contributed by atoms with Crippen LogP contribution in [0.25, 0.3) is 0 Å². The number of hydrogen-bond donors (Lipinski definition) is 2. The highest BCUT2D eigenvalue weighted by Crippen LogP contribution is 2.72. The number of Topliss-reactive ketones (excluding diaryl/α,β-unsaturated/α-hetero) is 1. The Balaban J connectivity index is 1.44. The van der Waals surface area contributed by atoms with E-state index >= 15 is 0 Å². The molecule has 7 nitrogen and oxygen atoms in total. The van der Waals surface area contributed by atoms with E-state index in [0.717, 1.165) is 37.7 Å². The zero-order valence-electron chi connectivity index (χ0n) is 23.1. The average Bonchev–Trinajstić information content (AvgIpc) is 3.32. The summed E-state index contributed by atoms with van der Waals surface area (Å²) in [7, 11) is 0. The number of hydrogen-bond acceptors (Lipinski definition) is 6. The fourth-order valence-corrected chi connectivity index (χ4v) is 8.85. The van der Waals surface area contributed by atoms with Crippen molar-refractivity contribution in [3.05, 3.63) is 23.3 Å². The predicted octanol–water partition coefficient (Wildman–Crippen LogP) is 4.68. The molecule has 6 rings (SSSR count). The fraction of sp³-hybridized carbons (Fsp3) is 0.800. The van der Waals surface area contributed by atoms with E-state index in [1.807, 2.05) is 32.9 Å². The van der Waals surface area contributed by atoms with Gasteiger partial charge in [-0.3, -0.25) is 4.79 Å². The van der Waals surface area contributed by atoms with Crippen LogP contribution in [-0.4, -0.2) is 53.2 Å². The van der Waals surface area contributed by atoms with Crippen molar-refractivity contribution in [1.82, 2.24) is 5.32 Å². The molecule has 1 spiro atoms. The van der Waals surface area contributed by atoms with Crippen LogP contribution < -0.4 is 5.32 Å². The number of ether oxygens (including phenoxy) is 3. The molecule has 204 valence electrons. The van der Waals surface area contributed by atoms with E-state index in [1.54, 1.807) is 0 Å². The van der Waals surface area contributed by atoms with Crippen LogP contribution in [0.1, 0.15) is 80.1 Å². The van der Waals surface area contributed by atoms with Crippen LogP contribution in [0.5, 0.6) is 0 Å². The normalized spacial score (nSPS) is 45.8. The van der Waals surface area contributed by atoms with Gasteiger partial charge in [0.15, 0.2) is 23.3 Å². The van der Waals surface area contributed by atoms with Crippen molar-refractivity contribution in [3.8, 4) is 0 Å². The highest BCUT2D eigenvalue weighted by molar-refractivity contribution is 5.95. The van der Waals surface area contributed by atoms with Gasteiger partial charge in [0, 0.05) is 12.0 Å². The number of nitrogens with one attached hydrogen (secondary N) is 1. The number of carbonyl (C=O) groups excluding carboxylic acids is 2. The van der Waals surface area contributed by atoms with Crippen LogP contribution in [0, 0.1) is 34.5 Å². The van der Waals surface area contributed by atoms with Crippen LogP contribution in [-0.2, 0) is 19.0 Å². The van der Waals surface area contributed by atoms with Crippen LogP contribution in [0.15, 0.2) is 23.3 Å². The summed E-state index contributed by atoms with van der Waals surface area (Å²) in [6, 6.07) is 0.0792. The number of rotatable bonds is 2. The summed E-state index contributed by atoms with van der Waals surface area (Å²) in [6.07, 6.45) is 7.68. The molecule has 1 amide bonds. The number of allylic oxidation sites excluding steroid dienone is 1. The second-order valence-electron chi connectivity index (χ2n) is 13.8. The van der Waals surface area contributed by atoms with Gasteiger partial charge in [0.25, 0.3) is 0 Å². The topological polar surface area (TPSA) is 94.1 Å². The molecule has 6 aliphatic rings. The molecule has 7 heteroatoms. The molecule has 5 aliphatic carbocycles. The SMILES string of the molecule is CC1=C[C@]23C(=O)[C@@H](C=C4COC(C)(C)O[C@H]4[C@]2(O)[C@H]1OC(=O)NC1CCCCC1)[C@H]1[C@@H](C[C@H]3C)C1(C)C. The summed E-state index contributed by atoms with van der Waals surface area (Å²) in [5.41, 5.74) is -1.42. The largest absolute Gasteiger partial charge is 0.438 e. The monoisotopic (exact) mass is 513 g/mol. The Labute approximate surface area is 220 Å². The van der Waals surface area contributed by atoms with Gasteiger partial charge < -0.3 is 24.6 Å². The summed E-state index contributed by atoms with van der Waals surface area (Å²) < 4.78 is 18.6. The Morgan fingerprint density at radius 3 is 2.57 bits per heavy atom. The van der Waals surface area contributed by atoms with E-state index in [0.29, 0.717) is 11.5 Å². The second-order valence-corrected chi connectivity index (χ2v) is 13.8. The van der Waals surface area contributed by atoms with Crippen molar-refractivity contribution in [3.63, 3.8) is 0 Å². The van der Waals surface area contributed by atoms with Gasteiger partial charge in [0.2, 0.25) is 0 Å². The van der Waals surface area contributed by atoms with E-state index in [-0.39, 0.29) is 41.6 Å². The Kier molecular flexibility index (Phi) is 5.63. The van der Waals surface area contributed by atoms with E-state index in [2.05, 4.69) is 26.1 Å². The van der Waals surface area contributed by atoms with Crippen molar-refractivity contribution in [2.75, 3.05) is 6.61 Å². The molecule has 8 atom stereocenters. The van der Waals surface area contributed by atoms with Crippen LogP contribution in [0.2, 0.25) is 0 Å². The first-order chi connectivity index (χ1) is 17.3. The fourth-order valence-electron chi connectivity index (χ4n) is 8.85. The third kappa shape index (κ3) is 3.49. The van der Waals surface area contributed by atoms with Gasteiger partial charge in [-0.2, -0.15) is 0 Å². The minimum Gasteiger partial charge on any atom is -0.438 e. The van der Waals surface area contributed by atoms with Gasteiger partial charge in [-0.1, -0.05) is 52.2 Å². The Bertz CT molecular complexity index is 1070. The van der Waals surface area contributed by atoms with E-state index < -0.39 is 35.1 Å². The van der Waals surface area contributed by atoms with Gasteiger partial charge in [0.05, 0.1) is 12.0 Å². The molecule has 37 heavy (non-hydrogen) atoms. The molecule has 1 aliphatic heterocycles. The first-order valence-electron chi connectivity index (χ1n) is 14.3. The first-order valence-corrected chi connectivity index (χ1v) is 14.3. The molecule has 1 saturated heterocycles. The Hall–Kier alpha value is -1.70. The maximum atomic E-state index is 14.7. The highest BCUT2D eigenvalue weighted by atomic mass is 16.7. The molecule has 0 aromatic carbocycles. The minimum absolute atomic E-state index is 0.0296. The van der Waals surface area contributed by atoms with Crippen molar-refractivity contribution in [1.29, 1.82) is 0 Å². The average molecular weight is 514 g/mol. The molecule has 1 heterocycles. The Morgan fingerprint density at radius 2 is 1.86 bits per heavy atom. The lowest BCUT2D eigenvalue weighted by atomic mass is 9.59. The minimum atomic E-state index is -1.76. The van der Waals surface area contributed by atoms with Gasteiger partial charge in [-0.25, -0.2) is 4.79 Å². The van der Waals surface area contributed by atoms with E-state index in [4.69, 9.17) is 14.2 Å². The molecule has 0 radical (unpaired) electrons. The third-order valence-corrected chi connectivity index (χ3v) is 10.8. The van der Waals surface area contributed by atoms with E-state index in [9.17, 15) is 14.7 Å². The highest BCUT2D eigenvalue weighted by Gasteiger charge is 2.77. The third-order valence-electron chi connectivity index (χ3n) is 10.8. The molecule has 2 N–H and O–H groups in total. The number of aliphatic hydroxyl groups is 1. The molecule has 3 saturated carbocycles.